The van der Waals surface area contributed by atoms with Crippen LogP contribution < -0.4 is 11.1 Å². The molecule has 0 aromatic heterocycles. The van der Waals surface area contributed by atoms with E-state index in [9.17, 15) is 9.59 Å². The highest BCUT2D eigenvalue weighted by Gasteiger charge is 2.31. The van der Waals surface area contributed by atoms with Gasteiger partial charge < -0.3 is 20.5 Å². The summed E-state index contributed by atoms with van der Waals surface area (Å²) in [6, 6.07) is 4.72. The van der Waals surface area contributed by atoms with Gasteiger partial charge in [0.15, 0.2) is 0 Å². The van der Waals surface area contributed by atoms with Gasteiger partial charge in [-0.3, -0.25) is 4.79 Å². The van der Waals surface area contributed by atoms with Crippen molar-refractivity contribution in [1.82, 2.24) is 0 Å². The number of rotatable bonds is 3. The van der Waals surface area contributed by atoms with Crippen LogP contribution >= 0.6 is 0 Å². The Morgan fingerprint density at radius 2 is 2.15 bits per heavy atom. The lowest BCUT2D eigenvalue weighted by molar-refractivity contribution is -0.120. The smallest absolute Gasteiger partial charge is 0.337 e. The minimum atomic E-state index is -0.443. The molecule has 0 saturated carbocycles. The lowest BCUT2D eigenvalue weighted by Gasteiger charge is -2.15. The van der Waals surface area contributed by atoms with Crippen molar-refractivity contribution in [3.05, 3.63) is 29.3 Å². The van der Waals surface area contributed by atoms with E-state index in [2.05, 4.69) is 10.1 Å². The zero-order chi connectivity index (χ0) is 14.7. The maximum Gasteiger partial charge on any atom is 0.337 e. The van der Waals surface area contributed by atoms with Crippen LogP contribution in [0.2, 0.25) is 0 Å². The van der Waals surface area contributed by atoms with Crippen LogP contribution in [0.1, 0.15) is 15.9 Å². The van der Waals surface area contributed by atoms with Gasteiger partial charge in [-0.1, -0.05) is 6.07 Å². The molecule has 6 heteroatoms. The molecular weight excluding hydrogens is 260 g/mol. The van der Waals surface area contributed by atoms with Gasteiger partial charge in [-0.2, -0.15) is 0 Å². The lowest BCUT2D eigenvalue weighted by atomic mass is 10.0. The number of ether oxygens (including phenoxy) is 2. The summed E-state index contributed by atoms with van der Waals surface area (Å²) in [4.78, 5) is 23.6. The molecule has 1 aromatic carbocycles. The summed E-state index contributed by atoms with van der Waals surface area (Å²) in [6.07, 6.45) is 0. The van der Waals surface area contributed by atoms with Crippen LogP contribution in [0.3, 0.4) is 0 Å². The SMILES string of the molecule is COC(=O)c1ccc(C)c(NC(=O)C2COCC2N)c1. The number of benzene rings is 1. The minimum absolute atomic E-state index is 0.194. The summed E-state index contributed by atoms with van der Waals surface area (Å²) < 4.78 is 9.84. The van der Waals surface area contributed by atoms with Gasteiger partial charge in [0.1, 0.15) is 0 Å². The largest absolute Gasteiger partial charge is 0.465 e. The Balaban J connectivity index is 2.16. The monoisotopic (exact) mass is 278 g/mol. The fourth-order valence-electron chi connectivity index (χ4n) is 2.07. The number of esters is 1. The van der Waals surface area contributed by atoms with E-state index in [-0.39, 0.29) is 17.9 Å². The fourth-order valence-corrected chi connectivity index (χ4v) is 2.07. The predicted molar refractivity (Wildman–Crippen MR) is 73.4 cm³/mol. The van der Waals surface area contributed by atoms with Crippen LogP contribution in [0.5, 0.6) is 0 Å². The van der Waals surface area contributed by atoms with E-state index >= 15 is 0 Å². The van der Waals surface area contributed by atoms with Crippen molar-refractivity contribution in [2.75, 3.05) is 25.6 Å². The minimum Gasteiger partial charge on any atom is -0.465 e. The summed E-state index contributed by atoms with van der Waals surface area (Å²) in [7, 11) is 1.31. The molecule has 1 aliphatic heterocycles. The maximum absolute atomic E-state index is 12.1. The molecule has 0 spiro atoms. The zero-order valence-corrected chi connectivity index (χ0v) is 11.5. The first kappa shape index (κ1) is 14.5. The summed E-state index contributed by atoms with van der Waals surface area (Å²) >= 11 is 0. The molecule has 1 aromatic rings. The first-order chi connectivity index (χ1) is 9.52. The molecule has 1 fully saturated rings. The molecule has 0 bridgehead atoms. The average molecular weight is 278 g/mol. The normalized spacial score (nSPS) is 21.6. The fraction of sp³-hybridized carbons (Fsp3) is 0.429. The molecule has 2 atom stereocenters. The number of carbonyl (C=O) groups is 2. The second-order valence-corrected chi connectivity index (χ2v) is 4.82. The van der Waals surface area contributed by atoms with E-state index in [0.29, 0.717) is 24.5 Å². The van der Waals surface area contributed by atoms with Crippen molar-refractivity contribution in [3.8, 4) is 0 Å². The number of aryl methyl sites for hydroxylation is 1. The van der Waals surface area contributed by atoms with Crippen molar-refractivity contribution in [2.45, 2.75) is 13.0 Å². The highest BCUT2D eigenvalue weighted by molar-refractivity contribution is 5.96. The van der Waals surface area contributed by atoms with Crippen LogP contribution in [0.15, 0.2) is 18.2 Å². The number of carbonyl (C=O) groups excluding carboxylic acids is 2. The molecule has 6 nitrogen and oxygen atoms in total. The number of hydrogen-bond donors (Lipinski definition) is 2. The average Bonchev–Trinajstić information content (AvgIpc) is 2.86. The summed E-state index contributed by atoms with van der Waals surface area (Å²) in [5.74, 6) is -1.00. The standard InChI is InChI=1S/C14H18N2O4/c1-8-3-4-9(14(18)19-2)5-12(8)16-13(17)10-6-20-7-11(10)15/h3-5,10-11H,6-7,15H2,1-2H3,(H,16,17). The summed E-state index contributed by atoms with van der Waals surface area (Å²) in [5.41, 5.74) is 7.64. The van der Waals surface area contributed by atoms with Crippen LogP contribution in [0, 0.1) is 12.8 Å². The van der Waals surface area contributed by atoms with Gasteiger partial charge in [-0.25, -0.2) is 4.79 Å². The molecule has 2 unspecified atom stereocenters. The first-order valence-electron chi connectivity index (χ1n) is 6.36. The molecule has 3 N–H and O–H groups in total. The van der Waals surface area contributed by atoms with E-state index in [1.165, 1.54) is 7.11 Å². The van der Waals surface area contributed by atoms with Gasteiger partial charge in [-0.15, -0.1) is 0 Å². The second-order valence-electron chi connectivity index (χ2n) is 4.82. The molecule has 108 valence electrons. The quantitative estimate of drug-likeness (QED) is 0.794. The molecule has 2 rings (SSSR count). The molecule has 0 aliphatic carbocycles. The van der Waals surface area contributed by atoms with Crippen molar-refractivity contribution >= 4 is 17.6 Å². The van der Waals surface area contributed by atoms with Crippen molar-refractivity contribution < 1.29 is 19.1 Å². The van der Waals surface area contributed by atoms with Gasteiger partial charge in [0.25, 0.3) is 0 Å². The third-order valence-corrected chi connectivity index (χ3v) is 3.38. The van der Waals surface area contributed by atoms with Gasteiger partial charge >= 0.3 is 5.97 Å². The van der Waals surface area contributed by atoms with Crippen molar-refractivity contribution in [3.63, 3.8) is 0 Å². The highest BCUT2D eigenvalue weighted by Crippen LogP contribution is 2.20. The number of anilines is 1. The van der Waals surface area contributed by atoms with Crippen LogP contribution in [-0.4, -0.2) is 38.2 Å². The number of nitrogens with two attached hydrogens (primary N) is 1. The molecule has 20 heavy (non-hydrogen) atoms. The Hall–Kier alpha value is -1.92. The molecule has 1 heterocycles. The first-order valence-corrected chi connectivity index (χ1v) is 6.36. The summed E-state index contributed by atoms with van der Waals surface area (Å²) in [6.45, 7) is 2.56. The Labute approximate surface area is 117 Å². The van der Waals surface area contributed by atoms with Crippen LogP contribution in [0.4, 0.5) is 5.69 Å². The van der Waals surface area contributed by atoms with E-state index in [4.69, 9.17) is 10.5 Å². The molecule has 1 saturated heterocycles. The Kier molecular flexibility index (Phi) is 4.36. The van der Waals surface area contributed by atoms with Gasteiger partial charge in [0.05, 0.1) is 31.8 Å². The van der Waals surface area contributed by atoms with Gasteiger partial charge in [0, 0.05) is 11.7 Å². The third kappa shape index (κ3) is 2.97. The van der Waals surface area contributed by atoms with E-state index in [1.54, 1.807) is 18.2 Å². The number of hydrogen-bond acceptors (Lipinski definition) is 5. The zero-order valence-electron chi connectivity index (χ0n) is 11.5. The Bertz CT molecular complexity index is 530. The molecular formula is C14H18N2O4. The second kappa shape index (κ2) is 6.02. The van der Waals surface area contributed by atoms with Crippen LogP contribution in [-0.2, 0) is 14.3 Å². The third-order valence-electron chi connectivity index (χ3n) is 3.38. The number of nitrogens with one attached hydrogen (secondary N) is 1. The topological polar surface area (TPSA) is 90.6 Å². The molecule has 0 radical (unpaired) electrons. The maximum atomic E-state index is 12.1. The van der Waals surface area contributed by atoms with E-state index in [1.807, 2.05) is 6.92 Å². The van der Waals surface area contributed by atoms with Gasteiger partial charge in [0.2, 0.25) is 5.91 Å². The lowest BCUT2D eigenvalue weighted by Crippen LogP contribution is -2.37. The summed E-state index contributed by atoms with van der Waals surface area (Å²) in [5, 5.41) is 2.80. The molecule has 1 aliphatic rings. The van der Waals surface area contributed by atoms with Gasteiger partial charge in [-0.05, 0) is 24.6 Å². The number of amides is 1. The van der Waals surface area contributed by atoms with E-state index < -0.39 is 5.97 Å². The Morgan fingerprint density at radius 1 is 1.40 bits per heavy atom. The van der Waals surface area contributed by atoms with Crippen LogP contribution in [0.25, 0.3) is 0 Å². The van der Waals surface area contributed by atoms with Crippen molar-refractivity contribution in [1.29, 1.82) is 0 Å². The Morgan fingerprint density at radius 3 is 2.75 bits per heavy atom. The molecule has 1 amide bonds. The predicted octanol–water partition coefficient (Wildman–Crippen LogP) is 0.694. The highest BCUT2D eigenvalue weighted by atomic mass is 16.5. The van der Waals surface area contributed by atoms with Crippen molar-refractivity contribution in [2.24, 2.45) is 11.7 Å². The number of methoxy groups -OCH3 is 1. The van der Waals surface area contributed by atoms with E-state index in [0.717, 1.165) is 5.56 Å².